The molecule has 0 saturated heterocycles. The van der Waals surface area contributed by atoms with Crippen molar-refractivity contribution in [2.75, 3.05) is 21.2 Å². The standard InChI is InChI=1S/C20H26N6O.HI/c1-21-20(25(3)15-18-6-5-12-24(18)2)22-14-16-11-13-26(23-16)17-7-9-19(27-4)10-8-17;/h5-13H,14-15H2,1-4H3,(H,21,22);1H. The van der Waals surface area contributed by atoms with E-state index in [0.717, 1.165) is 29.6 Å². The maximum atomic E-state index is 5.20. The van der Waals surface area contributed by atoms with Gasteiger partial charge >= 0.3 is 0 Å². The molecule has 3 rings (SSSR count). The Hall–Kier alpha value is -2.49. The van der Waals surface area contributed by atoms with Gasteiger partial charge in [0.25, 0.3) is 0 Å². The van der Waals surface area contributed by atoms with Gasteiger partial charge in [-0.05, 0) is 42.5 Å². The summed E-state index contributed by atoms with van der Waals surface area (Å²) in [5.41, 5.74) is 3.16. The quantitative estimate of drug-likeness (QED) is 0.325. The van der Waals surface area contributed by atoms with Crippen LogP contribution in [0, 0.1) is 0 Å². The van der Waals surface area contributed by atoms with E-state index in [1.165, 1.54) is 5.69 Å². The topological polar surface area (TPSA) is 59.6 Å². The van der Waals surface area contributed by atoms with Gasteiger partial charge in [0.1, 0.15) is 5.75 Å². The third kappa shape index (κ3) is 5.28. The zero-order valence-corrected chi connectivity index (χ0v) is 19.0. The lowest BCUT2D eigenvalue weighted by Crippen LogP contribution is -2.38. The summed E-state index contributed by atoms with van der Waals surface area (Å²) in [5.74, 6) is 1.66. The highest BCUT2D eigenvalue weighted by Crippen LogP contribution is 2.14. The summed E-state index contributed by atoms with van der Waals surface area (Å²) >= 11 is 0. The highest BCUT2D eigenvalue weighted by molar-refractivity contribution is 14.0. The summed E-state index contributed by atoms with van der Waals surface area (Å²) in [5, 5.41) is 8.00. The van der Waals surface area contributed by atoms with Crippen molar-refractivity contribution in [1.29, 1.82) is 0 Å². The SMILES string of the molecule is CN=C(NCc1ccn(-c2ccc(OC)cc2)n1)N(C)Cc1cccn1C.I. The van der Waals surface area contributed by atoms with E-state index in [9.17, 15) is 0 Å². The van der Waals surface area contributed by atoms with Gasteiger partial charge < -0.3 is 19.5 Å². The Balaban J connectivity index is 0.00000280. The minimum absolute atomic E-state index is 0. The average molecular weight is 494 g/mol. The van der Waals surface area contributed by atoms with Crippen LogP contribution >= 0.6 is 24.0 Å². The van der Waals surface area contributed by atoms with E-state index < -0.39 is 0 Å². The molecule has 8 heteroatoms. The molecule has 0 spiro atoms. The second kappa shape index (κ2) is 10.2. The molecule has 0 radical (unpaired) electrons. The molecule has 0 unspecified atom stereocenters. The van der Waals surface area contributed by atoms with Crippen LogP contribution in [-0.4, -0.2) is 46.4 Å². The highest BCUT2D eigenvalue weighted by Gasteiger charge is 2.09. The number of ether oxygens (including phenoxy) is 1. The van der Waals surface area contributed by atoms with E-state index in [4.69, 9.17) is 4.74 Å². The fourth-order valence-corrected chi connectivity index (χ4v) is 2.87. The van der Waals surface area contributed by atoms with Crippen LogP contribution in [0.25, 0.3) is 5.69 Å². The second-order valence-corrected chi connectivity index (χ2v) is 6.32. The van der Waals surface area contributed by atoms with Crippen LogP contribution in [0.2, 0.25) is 0 Å². The zero-order valence-electron chi connectivity index (χ0n) is 16.7. The molecule has 0 aliphatic carbocycles. The Morgan fingerprint density at radius 2 is 1.93 bits per heavy atom. The van der Waals surface area contributed by atoms with E-state index in [1.54, 1.807) is 14.2 Å². The van der Waals surface area contributed by atoms with Gasteiger partial charge in [0.2, 0.25) is 0 Å². The van der Waals surface area contributed by atoms with Gasteiger partial charge in [0.15, 0.2) is 5.96 Å². The Bertz CT molecular complexity index is 900. The molecule has 150 valence electrons. The first-order valence-electron chi connectivity index (χ1n) is 8.81. The van der Waals surface area contributed by atoms with Gasteiger partial charge in [-0.1, -0.05) is 0 Å². The molecule has 1 N–H and O–H groups in total. The number of hydrogen-bond donors (Lipinski definition) is 1. The maximum Gasteiger partial charge on any atom is 0.194 e. The van der Waals surface area contributed by atoms with Gasteiger partial charge in [-0.3, -0.25) is 4.99 Å². The zero-order chi connectivity index (χ0) is 19.2. The van der Waals surface area contributed by atoms with Crippen LogP contribution < -0.4 is 10.1 Å². The molecule has 0 atom stereocenters. The first kappa shape index (κ1) is 21.8. The highest BCUT2D eigenvalue weighted by atomic mass is 127. The van der Waals surface area contributed by atoms with Crippen LogP contribution in [0.15, 0.2) is 59.9 Å². The Morgan fingerprint density at radius 3 is 2.54 bits per heavy atom. The lowest BCUT2D eigenvalue weighted by Gasteiger charge is -2.22. The lowest BCUT2D eigenvalue weighted by atomic mass is 10.3. The molecule has 1 aromatic carbocycles. The van der Waals surface area contributed by atoms with Crippen molar-refractivity contribution in [2.45, 2.75) is 13.1 Å². The van der Waals surface area contributed by atoms with E-state index in [2.05, 4.69) is 30.9 Å². The van der Waals surface area contributed by atoms with Crippen molar-refractivity contribution in [3.05, 3.63) is 66.2 Å². The van der Waals surface area contributed by atoms with Crippen LogP contribution in [0.3, 0.4) is 0 Å². The second-order valence-electron chi connectivity index (χ2n) is 6.32. The smallest absolute Gasteiger partial charge is 0.194 e. The summed E-state index contributed by atoms with van der Waals surface area (Å²) < 4.78 is 9.16. The number of hydrogen-bond acceptors (Lipinski definition) is 3. The minimum atomic E-state index is 0. The molecule has 7 nitrogen and oxygen atoms in total. The fraction of sp³-hybridized carbons (Fsp3) is 0.300. The number of rotatable bonds is 6. The summed E-state index contributed by atoms with van der Waals surface area (Å²) in [6.07, 6.45) is 4.00. The third-order valence-corrected chi connectivity index (χ3v) is 4.43. The predicted molar refractivity (Wildman–Crippen MR) is 123 cm³/mol. The van der Waals surface area contributed by atoms with E-state index in [0.29, 0.717) is 6.54 Å². The third-order valence-electron chi connectivity index (χ3n) is 4.43. The molecular weight excluding hydrogens is 467 g/mol. The van der Waals surface area contributed by atoms with Crippen molar-refractivity contribution in [2.24, 2.45) is 12.0 Å². The minimum Gasteiger partial charge on any atom is -0.497 e. The van der Waals surface area contributed by atoms with Crippen LogP contribution in [0.4, 0.5) is 0 Å². The predicted octanol–water partition coefficient (Wildman–Crippen LogP) is 3.04. The number of nitrogens with zero attached hydrogens (tertiary/aromatic N) is 5. The molecule has 2 heterocycles. The van der Waals surface area contributed by atoms with Crippen molar-refractivity contribution in [1.82, 2.24) is 24.6 Å². The molecule has 28 heavy (non-hydrogen) atoms. The number of nitrogens with one attached hydrogen (secondary N) is 1. The summed E-state index contributed by atoms with van der Waals surface area (Å²) in [6.45, 7) is 1.39. The molecule has 0 aliphatic heterocycles. The average Bonchev–Trinajstić information content (AvgIpc) is 3.32. The number of methoxy groups -OCH3 is 1. The Kier molecular flexibility index (Phi) is 7.91. The number of aliphatic imine (C=N–C) groups is 1. The van der Waals surface area contributed by atoms with E-state index in [1.807, 2.05) is 67.6 Å². The van der Waals surface area contributed by atoms with E-state index in [-0.39, 0.29) is 24.0 Å². The van der Waals surface area contributed by atoms with Gasteiger partial charge in [-0.15, -0.1) is 24.0 Å². The molecule has 0 amide bonds. The van der Waals surface area contributed by atoms with Crippen LogP contribution in [0.5, 0.6) is 5.75 Å². The van der Waals surface area contributed by atoms with E-state index >= 15 is 0 Å². The van der Waals surface area contributed by atoms with Gasteiger partial charge in [0.05, 0.1) is 31.6 Å². The van der Waals surface area contributed by atoms with Crippen molar-refractivity contribution in [3.8, 4) is 11.4 Å². The molecule has 0 saturated carbocycles. The Morgan fingerprint density at radius 1 is 1.18 bits per heavy atom. The van der Waals surface area contributed by atoms with Crippen molar-refractivity contribution in [3.63, 3.8) is 0 Å². The normalized spacial score (nSPS) is 11.1. The first-order chi connectivity index (χ1) is 13.1. The number of guanidine groups is 1. The van der Waals surface area contributed by atoms with Gasteiger partial charge in [-0.25, -0.2) is 4.68 Å². The molecule has 3 aromatic rings. The summed E-state index contributed by atoms with van der Waals surface area (Å²) in [7, 11) is 7.53. The molecule has 0 aliphatic rings. The number of aromatic nitrogens is 3. The largest absolute Gasteiger partial charge is 0.497 e. The van der Waals surface area contributed by atoms with Gasteiger partial charge in [0, 0.05) is 39.2 Å². The Labute approximate surface area is 183 Å². The van der Waals surface area contributed by atoms with Crippen molar-refractivity contribution < 1.29 is 4.74 Å². The molecular formula is C20H27IN6O. The molecule has 0 bridgehead atoms. The van der Waals surface area contributed by atoms with Crippen molar-refractivity contribution >= 4 is 29.9 Å². The molecule has 2 aromatic heterocycles. The number of benzene rings is 1. The van der Waals surface area contributed by atoms with Crippen LogP contribution in [-0.2, 0) is 20.1 Å². The monoisotopic (exact) mass is 494 g/mol. The van der Waals surface area contributed by atoms with Gasteiger partial charge in [-0.2, -0.15) is 5.10 Å². The summed E-state index contributed by atoms with van der Waals surface area (Å²) in [6, 6.07) is 14.0. The van der Waals surface area contributed by atoms with Crippen LogP contribution in [0.1, 0.15) is 11.4 Å². The molecule has 0 fully saturated rings. The fourth-order valence-electron chi connectivity index (χ4n) is 2.87. The first-order valence-corrected chi connectivity index (χ1v) is 8.81. The maximum absolute atomic E-state index is 5.20. The summed E-state index contributed by atoms with van der Waals surface area (Å²) in [4.78, 5) is 6.46. The number of aryl methyl sites for hydroxylation is 1. The number of halogens is 1. The lowest BCUT2D eigenvalue weighted by molar-refractivity contribution is 0.414.